The number of hydrogen-bond donors (Lipinski definition) is 2. The van der Waals surface area contributed by atoms with Crippen molar-refractivity contribution in [3.05, 3.63) is 60.4 Å². The summed E-state index contributed by atoms with van der Waals surface area (Å²) in [5, 5.41) is 10.8. The van der Waals surface area contributed by atoms with E-state index in [1.54, 1.807) is 12.4 Å². The van der Waals surface area contributed by atoms with Crippen LogP contribution in [0.25, 0.3) is 11.4 Å². The first-order valence-electron chi connectivity index (χ1n) is 8.80. The Balaban J connectivity index is 1.70. The second kappa shape index (κ2) is 7.81. The zero-order valence-corrected chi connectivity index (χ0v) is 15.7. The van der Waals surface area contributed by atoms with E-state index in [-0.39, 0.29) is 0 Å². The Kier molecular flexibility index (Phi) is 5.07. The maximum absolute atomic E-state index is 12.6. The Labute approximate surface area is 165 Å². The van der Waals surface area contributed by atoms with Gasteiger partial charge in [-0.25, -0.2) is 4.79 Å². The van der Waals surface area contributed by atoms with Gasteiger partial charge in [0.05, 0.1) is 0 Å². The SMILES string of the molecule is NC(=O)NC(=O)C(Sc1nnc(-c2ccncc2)n1C1CC1)c1ccccc1. The maximum Gasteiger partial charge on any atom is 0.318 e. The van der Waals surface area contributed by atoms with Crippen LogP contribution in [0.5, 0.6) is 0 Å². The zero-order chi connectivity index (χ0) is 19.5. The van der Waals surface area contributed by atoms with Crippen LogP contribution in [0.4, 0.5) is 4.79 Å². The predicted octanol–water partition coefficient (Wildman–Crippen LogP) is 2.70. The molecule has 3 aromatic rings. The molecule has 1 aliphatic carbocycles. The van der Waals surface area contributed by atoms with Crippen LogP contribution in [0.15, 0.2) is 60.0 Å². The molecule has 1 unspecified atom stereocenters. The molecule has 8 nitrogen and oxygen atoms in total. The molecule has 3 amide bonds. The summed E-state index contributed by atoms with van der Waals surface area (Å²) in [4.78, 5) is 27.9. The van der Waals surface area contributed by atoms with E-state index in [0.29, 0.717) is 11.2 Å². The van der Waals surface area contributed by atoms with E-state index < -0.39 is 17.2 Å². The first-order valence-corrected chi connectivity index (χ1v) is 9.68. The summed E-state index contributed by atoms with van der Waals surface area (Å²) in [5.74, 6) is 0.258. The van der Waals surface area contributed by atoms with Crippen molar-refractivity contribution < 1.29 is 9.59 Å². The first-order chi connectivity index (χ1) is 13.6. The van der Waals surface area contributed by atoms with Crippen LogP contribution in [0.2, 0.25) is 0 Å². The quantitative estimate of drug-likeness (QED) is 0.621. The number of nitrogens with two attached hydrogens (primary N) is 1. The van der Waals surface area contributed by atoms with Gasteiger partial charge in [0.2, 0.25) is 5.91 Å². The highest BCUT2D eigenvalue weighted by Gasteiger charge is 2.33. The predicted molar refractivity (Wildman–Crippen MR) is 104 cm³/mol. The van der Waals surface area contributed by atoms with E-state index in [4.69, 9.17) is 5.73 Å². The summed E-state index contributed by atoms with van der Waals surface area (Å²) in [5.41, 5.74) is 6.82. The number of pyridine rings is 1. The lowest BCUT2D eigenvalue weighted by atomic mass is 10.1. The van der Waals surface area contributed by atoms with E-state index in [2.05, 4.69) is 25.1 Å². The monoisotopic (exact) mass is 394 g/mol. The minimum Gasteiger partial charge on any atom is -0.351 e. The number of aromatic nitrogens is 4. The number of imide groups is 1. The number of nitrogens with one attached hydrogen (secondary N) is 1. The number of thioether (sulfide) groups is 1. The highest BCUT2D eigenvalue weighted by atomic mass is 32.2. The summed E-state index contributed by atoms with van der Waals surface area (Å²) in [6, 6.07) is 12.4. The Morgan fingerprint density at radius 3 is 2.46 bits per heavy atom. The second-order valence-electron chi connectivity index (χ2n) is 6.41. The van der Waals surface area contributed by atoms with Crippen LogP contribution < -0.4 is 11.1 Å². The average Bonchev–Trinajstić information content (AvgIpc) is 3.46. The Morgan fingerprint density at radius 2 is 1.82 bits per heavy atom. The number of carbonyl (C=O) groups excluding carboxylic acids is 2. The molecule has 0 bridgehead atoms. The van der Waals surface area contributed by atoms with E-state index in [9.17, 15) is 9.59 Å². The van der Waals surface area contributed by atoms with Crippen molar-refractivity contribution in [2.45, 2.75) is 29.3 Å². The van der Waals surface area contributed by atoms with Crippen molar-refractivity contribution in [1.29, 1.82) is 0 Å². The van der Waals surface area contributed by atoms with Gasteiger partial charge in [0, 0.05) is 24.0 Å². The fourth-order valence-corrected chi connectivity index (χ4v) is 4.02. The van der Waals surface area contributed by atoms with E-state index in [1.807, 2.05) is 42.5 Å². The van der Waals surface area contributed by atoms with E-state index in [1.165, 1.54) is 11.8 Å². The van der Waals surface area contributed by atoms with Crippen molar-refractivity contribution in [2.75, 3.05) is 0 Å². The third kappa shape index (κ3) is 3.89. The van der Waals surface area contributed by atoms with Gasteiger partial charge in [-0.05, 0) is 30.5 Å². The molecule has 1 saturated carbocycles. The first kappa shape index (κ1) is 18.2. The number of amides is 3. The molecule has 3 N–H and O–H groups in total. The molecule has 1 aliphatic rings. The number of carbonyl (C=O) groups is 2. The molecule has 1 atom stereocenters. The summed E-state index contributed by atoms with van der Waals surface area (Å²) in [6.07, 6.45) is 5.49. The molecule has 0 aliphatic heterocycles. The van der Waals surface area contributed by atoms with Crippen molar-refractivity contribution in [2.24, 2.45) is 5.73 Å². The molecule has 4 rings (SSSR count). The van der Waals surface area contributed by atoms with Gasteiger partial charge in [-0.3, -0.25) is 19.7 Å². The molecule has 0 spiro atoms. The number of rotatable bonds is 6. The summed E-state index contributed by atoms with van der Waals surface area (Å²) in [7, 11) is 0. The van der Waals surface area contributed by atoms with Gasteiger partial charge in [0.1, 0.15) is 5.25 Å². The van der Waals surface area contributed by atoms with Crippen LogP contribution in [-0.4, -0.2) is 31.7 Å². The number of benzene rings is 1. The Hall–Kier alpha value is -3.20. The Bertz CT molecular complexity index is 988. The van der Waals surface area contributed by atoms with Crippen molar-refractivity contribution in [1.82, 2.24) is 25.1 Å². The van der Waals surface area contributed by atoms with Crippen LogP contribution in [0.1, 0.15) is 29.7 Å². The van der Waals surface area contributed by atoms with Crippen LogP contribution in [-0.2, 0) is 4.79 Å². The van der Waals surface area contributed by atoms with Gasteiger partial charge < -0.3 is 5.73 Å². The van der Waals surface area contributed by atoms with E-state index in [0.717, 1.165) is 29.8 Å². The highest BCUT2D eigenvalue weighted by molar-refractivity contribution is 8.00. The minimum atomic E-state index is -0.882. The lowest BCUT2D eigenvalue weighted by Gasteiger charge is -2.16. The fourth-order valence-electron chi connectivity index (χ4n) is 2.91. The Morgan fingerprint density at radius 1 is 1.11 bits per heavy atom. The van der Waals surface area contributed by atoms with Crippen molar-refractivity contribution in [3.8, 4) is 11.4 Å². The van der Waals surface area contributed by atoms with Crippen molar-refractivity contribution >= 4 is 23.7 Å². The van der Waals surface area contributed by atoms with Gasteiger partial charge in [-0.15, -0.1) is 10.2 Å². The third-order valence-corrected chi connectivity index (χ3v) is 5.54. The maximum atomic E-state index is 12.6. The van der Waals surface area contributed by atoms with E-state index >= 15 is 0 Å². The molecular weight excluding hydrogens is 376 g/mol. The highest BCUT2D eigenvalue weighted by Crippen LogP contribution is 2.44. The topological polar surface area (TPSA) is 116 Å². The van der Waals surface area contributed by atoms with Crippen LogP contribution in [0, 0.1) is 0 Å². The van der Waals surface area contributed by atoms with Gasteiger partial charge in [-0.1, -0.05) is 42.1 Å². The second-order valence-corrected chi connectivity index (χ2v) is 7.48. The number of primary amides is 1. The molecular formula is C19H18N6O2S. The average molecular weight is 394 g/mol. The lowest BCUT2D eigenvalue weighted by Crippen LogP contribution is -2.37. The molecule has 1 fully saturated rings. The van der Waals surface area contributed by atoms with Crippen molar-refractivity contribution in [3.63, 3.8) is 0 Å². The summed E-state index contributed by atoms with van der Waals surface area (Å²) < 4.78 is 2.06. The molecule has 9 heteroatoms. The van der Waals surface area contributed by atoms with Crippen LogP contribution in [0.3, 0.4) is 0 Å². The van der Waals surface area contributed by atoms with Gasteiger partial charge in [0.15, 0.2) is 11.0 Å². The molecule has 28 heavy (non-hydrogen) atoms. The smallest absolute Gasteiger partial charge is 0.318 e. The summed E-state index contributed by atoms with van der Waals surface area (Å²) in [6.45, 7) is 0. The third-order valence-electron chi connectivity index (χ3n) is 4.33. The molecule has 0 saturated heterocycles. The largest absolute Gasteiger partial charge is 0.351 e. The molecule has 142 valence electrons. The lowest BCUT2D eigenvalue weighted by molar-refractivity contribution is -0.119. The standard InChI is InChI=1S/C19H18N6O2S/c20-18(27)22-17(26)15(12-4-2-1-3-5-12)28-19-24-23-16(25(19)14-6-7-14)13-8-10-21-11-9-13/h1-5,8-11,14-15H,6-7H2,(H3,20,22,26,27). The number of urea groups is 1. The molecule has 2 heterocycles. The number of nitrogens with zero attached hydrogens (tertiary/aromatic N) is 4. The normalized spacial score (nSPS) is 14.4. The molecule has 2 aromatic heterocycles. The fraction of sp³-hybridized carbons (Fsp3) is 0.211. The molecule has 1 aromatic carbocycles. The summed E-state index contributed by atoms with van der Waals surface area (Å²) >= 11 is 1.26. The van der Waals surface area contributed by atoms with Gasteiger partial charge >= 0.3 is 6.03 Å². The number of hydrogen-bond acceptors (Lipinski definition) is 6. The van der Waals surface area contributed by atoms with Crippen LogP contribution >= 0.6 is 11.8 Å². The van der Waals surface area contributed by atoms with Gasteiger partial charge in [-0.2, -0.15) is 0 Å². The zero-order valence-electron chi connectivity index (χ0n) is 14.9. The van der Waals surface area contributed by atoms with Gasteiger partial charge in [0.25, 0.3) is 0 Å². The minimum absolute atomic E-state index is 0.302. The molecule has 0 radical (unpaired) electrons.